The number of hydrogen-bond acceptors (Lipinski definition) is 8. The fourth-order valence-electron chi connectivity index (χ4n) is 3.73. The highest BCUT2D eigenvalue weighted by atomic mass is 16.5. The van der Waals surface area contributed by atoms with Crippen LogP contribution < -0.4 is 9.64 Å². The van der Waals surface area contributed by atoms with Crippen molar-refractivity contribution >= 4 is 23.6 Å². The molecule has 1 saturated heterocycles. The maximum Gasteiger partial charge on any atom is 0.379 e. The summed E-state index contributed by atoms with van der Waals surface area (Å²) >= 11 is 0. The molecule has 0 bridgehead atoms. The number of carbonyl (C=O) groups is 1. The maximum atomic E-state index is 12.1. The number of aromatic nitrogens is 3. The lowest BCUT2D eigenvalue weighted by Gasteiger charge is -2.28. The number of rotatable bonds is 6. The first kappa shape index (κ1) is 22.1. The zero-order valence-electron chi connectivity index (χ0n) is 18.7. The van der Waals surface area contributed by atoms with E-state index in [1.165, 1.54) is 12.3 Å². The van der Waals surface area contributed by atoms with E-state index in [-0.39, 0.29) is 5.76 Å². The monoisotopic (exact) mass is 467 g/mol. The molecular formula is C26H21N5O4. The van der Waals surface area contributed by atoms with E-state index in [1.807, 2.05) is 34.9 Å². The van der Waals surface area contributed by atoms with E-state index in [1.54, 1.807) is 36.4 Å². The first-order valence-electron chi connectivity index (χ1n) is 11.0. The number of benzene rings is 2. The van der Waals surface area contributed by atoms with Crippen molar-refractivity contribution in [1.82, 2.24) is 14.8 Å². The molecule has 0 atom stereocenters. The van der Waals surface area contributed by atoms with E-state index < -0.39 is 5.97 Å². The summed E-state index contributed by atoms with van der Waals surface area (Å²) in [4.78, 5) is 14.2. The molecule has 9 heteroatoms. The van der Waals surface area contributed by atoms with Crippen LogP contribution in [0.3, 0.4) is 0 Å². The smallest absolute Gasteiger partial charge is 0.379 e. The van der Waals surface area contributed by atoms with Crippen LogP contribution in [0.2, 0.25) is 0 Å². The number of esters is 1. The summed E-state index contributed by atoms with van der Waals surface area (Å²) in [7, 11) is 0. The van der Waals surface area contributed by atoms with Gasteiger partial charge in [-0.15, -0.1) is 10.2 Å². The molecule has 2 aromatic carbocycles. The van der Waals surface area contributed by atoms with E-state index in [9.17, 15) is 10.1 Å². The Balaban J connectivity index is 1.45. The average Bonchev–Trinajstić information content (AvgIpc) is 3.60. The molecule has 0 amide bonds. The minimum atomic E-state index is -0.581. The molecule has 1 aliphatic rings. The Labute approximate surface area is 201 Å². The summed E-state index contributed by atoms with van der Waals surface area (Å²) in [5.74, 6) is 1.01. The van der Waals surface area contributed by atoms with E-state index >= 15 is 0 Å². The highest BCUT2D eigenvalue weighted by Crippen LogP contribution is 2.27. The average molecular weight is 467 g/mol. The molecule has 0 saturated carbocycles. The lowest BCUT2D eigenvalue weighted by Crippen LogP contribution is -2.38. The second-order valence-corrected chi connectivity index (χ2v) is 7.70. The Hall–Kier alpha value is -4.68. The third-order valence-electron chi connectivity index (χ3n) is 5.44. The van der Waals surface area contributed by atoms with Crippen molar-refractivity contribution in [3.63, 3.8) is 0 Å². The first-order chi connectivity index (χ1) is 17.2. The summed E-state index contributed by atoms with van der Waals surface area (Å²) in [6.07, 6.45) is 3.14. The Kier molecular flexibility index (Phi) is 6.37. The molecule has 2 aromatic heterocycles. The normalized spacial score (nSPS) is 13.9. The SMILES string of the molecule is N#C/C(=C\c1ccc(OC(=O)c2ccco2)cc1)c1nnc(N2CCOCC2)n1-c1ccccc1. The lowest BCUT2D eigenvalue weighted by molar-refractivity contribution is 0.0701. The van der Waals surface area contributed by atoms with Crippen molar-refractivity contribution in [2.75, 3.05) is 31.2 Å². The van der Waals surface area contributed by atoms with Crippen LogP contribution in [0.1, 0.15) is 21.9 Å². The molecule has 9 nitrogen and oxygen atoms in total. The number of furan rings is 1. The number of ether oxygens (including phenoxy) is 2. The molecule has 174 valence electrons. The van der Waals surface area contributed by atoms with Gasteiger partial charge in [-0.05, 0) is 48.0 Å². The molecule has 35 heavy (non-hydrogen) atoms. The Bertz CT molecular complexity index is 1360. The van der Waals surface area contributed by atoms with E-state index in [4.69, 9.17) is 13.9 Å². The lowest BCUT2D eigenvalue weighted by atomic mass is 10.1. The topological polar surface area (TPSA) is 106 Å². The van der Waals surface area contributed by atoms with Crippen molar-refractivity contribution in [3.8, 4) is 17.5 Å². The van der Waals surface area contributed by atoms with Crippen LogP contribution in [0.5, 0.6) is 5.75 Å². The van der Waals surface area contributed by atoms with Gasteiger partial charge in [-0.1, -0.05) is 30.3 Å². The van der Waals surface area contributed by atoms with Crippen LogP contribution >= 0.6 is 0 Å². The van der Waals surface area contributed by atoms with Crippen molar-refractivity contribution in [2.24, 2.45) is 0 Å². The minimum Gasteiger partial charge on any atom is -0.457 e. The molecule has 0 spiro atoms. The maximum absolute atomic E-state index is 12.1. The molecule has 1 fully saturated rings. The molecule has 3 heterocycles. The van der Waals surface area contributed by atoms with Gasteiger partial charge in [0.05, 0.1) is 30.7 Å². The largest absolute Gasteiger partial charge is 0.457 e. The number of nitrogens with zero attached hydrogens (tertiary/aromatic N) is 5. The number of carbonyl (C=O) groups excluding carboxylic acids is 1. The molecule has 0 N–H and O–H groups in total. The molecular weight excluding hydrogens is 446 g/mol. The Morgan fingerprint density at radius 2 is 1.77 bits per heavy atom. The molecule has 0 unspecified atom stereocenters. The van der Waals surface area contributed by atoms with Crippen LogP contribution in [0, 0.1) is 11.3 Å². The summed E-state index contributed by atoms with van der Waals surface area (Å²) in [6.45, 7) is 2.59. The van der Waals surface area contributed by atoms with Crippen LogP contribution in [0.15, 0.2) is 77.4 Å². The summed E-state index contributed by atoms with van der Waals surface area (Å²) in [6, 6.07) is 21.9. The van der Waals surface area contributed by atoms with Gasteiger partial charge in [0.1, 0.15) is 11.8 Å². The van der Waals surface area contributed by atoms with E-state index in [0.717, 1.165) is 11.3 Å². The molecule has 0 radical (unpaired) electrons. The van der Waals surface area contributed by atoms with Crippen molar-refractivity contribution in [3.05, 3.63) is 90.1 Å². The second kappa shape index (κ2) is 10.1. The predicted molar refractivity (Wildman–Crippen MR) is 128 cm³/mol. The first-order valence-corrected chi connectivity index (χ1v) is 11.0. The summed E-state index contributed by atoms with van der Waals surface area (Å²) in [5.41, 5.74) is 1.95. The standard InChI is InChI=1S/C26H21N5O4/c27-18-20(17-19-8-10-22(11-9-19)35-25(32)23-7-4-14-34-23)24-28-29-26(30-12-15-33-16-13-30)31(24)21-5-2-1-3-6-21/h1-11,14,17H,12-13,15-16H2/b20-17+. The predicted octanol–water partition coefficient (Wildman–Crippen LogP) is 3.98. The number of morpholine rings is 1. The summed E-state index contributed by atoms with van der Waals surface area (Å²) < 4.78 is 17.7. The Morgan fingerprint density at radius 1 is 1.00 bits per heavy atom. The van der Waals surface area contributed by atoms with Crippen molar-refractivity contribution in [1.29, 1.82) is 5.26 Å². The van der Waals surface area contributed by atoms with Crippen LogP contribution in [-0.2, 0) is 4.74 Å². The minimum absolute atomic E-state index is 0.122. The third kappa shape index (κ3) is 4.83. The van der Waals surface area contributed by atoms with Gasteiger partial charge < -0.3 is 18.8 Å². The van der Waals surface area contributed by atoms with Crippen molar-refractivity contribution < 1.29 is 18.7 Å². The fourth-order valence-corrected chi connectivity index (χ4v) is 3.73. The quantitative estimate of drug-likeness (QED) is 0.238. The van der Waals surface area contributed by atoms with Gasteiger partial charge in [0.2, 0.25) is 11.7 Å². The van der Waals surface area contributed by atoms with Crippen molar-refractivity contribution in [2.45, 2.75) is 0 Å². The van der Waals surface area contributed by atoms with Gasteiger partial charge in [-0.25, -0.2) is 4.79 Å². The zero-order chi connectivity index (χ0) is 24.0. The van der Waals surface area contributed by atoms with Crippen LogP contribution in [-0.4, -0.2) is 47.0 Å². The highest BCUT2D eigenvalue weighted by Gasteiger charge is 2.23. The van der Waals surface area contributed by atoms with Gasteiger partial charge in [0.25, 0.3) is 0 Å². The highest BCUT2D eigenvalue weighted by molar-refractivity contribution is 5.89. The number of allylic oxidation sites excluding steroid dienone is 1. The van der Waals surface area contributed by atoms with Gasteiger partial charge in [-0.2, -0.15) is 5.26 Å². The van der Waals surface area contributed by atoms with E-state index in [2.05, 4.69) is 21.2 Å². The number of para-hydroxylation sites is 1. The second-order valence-electron chi connectivity index (χ2n) is 7.70. The zero-order valence-corrected chi connectivity index (χ0v) is 18.7. The molecule has 5 rings (SSSR count). The molecule has 1 aliphatic heterocycles. The number of nitriles is 1. The van der Waals surface area contributed by atoms with Crippen LogP contribution in [0.4, 0.5) is 5.95 Å². The molecule has 0 aliphatic carbocycles. The van der Waals surface area contributed by atoms with E-state index in [0.29, 0.717) is 49.4 Å². The van der Waals surface area contributed by atoms with Gasteiger partial charge in [-0.3, -0.25) is 4.57 Å². The number of anilines is 1. The molecule has 4 aromatic rings. The van der Waals surface area contributed by atoms with Gasteiger partial charge in [0, 0.05) is 13.1 Å². The number of hydrogen-bond donors (Lipinski definition) is 0. The van der Waals surface area contributed by atoms with Gasteiger partial charge in [0.15, 0.2) is 5.82 Å². The van der Waals surface area contributed by atoms with Crippen LogP contribution in [0.25, 0.3) is 17.3 Å². The fraction of sp³-hybridized carbons (Fsp3) is 0.154. The van der Waals surface area contributed by atoms with Gasteiger partial charge >= 0.3 is 5.97 Å². The summed E-state index contributed by atoms with van der Waals surface area (Å²) in [5, 5.41) is 18.8. The third-order valence-corrected chi connectivity index (χ3v) is 5.44. The Morgan fingerprint density at radius 3 is 2.46 bits per heavy atom.